The van der Waals surface area contributed by atoms with Gasteiger partial charge in [0.05, 0.1) is 10.7 Å². The number of nitrogens with zero attached hydrogens (tertiary/aromatic N) is 5. The Bertz CT molecular complexity index is 832. The second kappa shape index (κ2) is 8.51. The van der Waals surface area contributed by atoms with Crippen LogP contribution in [0, 0.1) is 0 Å². The van der Waals surface area contributed by atoms with E-state index in [-0.39, 0.29) is 0 Å². The van der Waals surface area contributed by atoms with E-state index >= 15 is 0 Å². The molecule has 0 amide bonds. The summed E-state index contributed by atoms with van der Waals surface area (Å²) >= 11 is 7.97. The third-order valence-corrected chi connectivity index (χ3v) is 5.01. The van der Waals surface area contributed by atoms with Gasteiger partial charge in [0.25, 0.3) is 0 Å². The first-order chi connectivity index (χ1) is 12.2. The number of thioether (sulfide) groups is 1. The van der Waals surface area contributed by atoms with Crippen LogP contribution < -0.4 is 0 Å². The minimum atomic E-state index is 0.671. The number of ether oxygens (including phenoxy) is 1. The molecule has 132 valence electrons. The van der Waals surface area contributed by atoms with E-state index in [0.717, 1.165) is 41.0 Å². The monoisotopic (exact) mass is 377 g/mol. The standard InChI is InChI=1S/C17H20ClN5OS/c1-22-10-8-13(21-22)12-25-17-20-19-16(23(17)9-5-11-24-2)14-6-3-4-7-15(14)18/h3-4,6-8,10H,5,9,11-12H2,1-2H3. The molecule has 2 heterocycles. The largest absolute Gasteiger partial charge is 0.385 e. The fraction of sp³-hybridized carbons (Fsp3) is 0.353. The Morgan fingerprint density at radius 2 is 2.04 bits per heavy atom. The topological polar surface area (TPSA) is 57.8 Å². The van der Waals surface area contributed by atoms with Crippen molar-refractivity contribution in [3.8, 4) is 11.4 Å². The summed E-state index contributed by atoms with van der Waals surface area (Å²) in [4.78, 5) is 0. The van der Waals surface area contributed by atoms with Crippen molar-refractivity contribution in [3.05, 3.63) is 47.2 Å². The van der Waals surface area contributed by atoms with Gasteiger partial charge < -0.3 is 9.30 Å². The van der Waals surface area contributed by atoms with Crippen LogP contribution in [-0.2, 0) is 24.1 Å². The Kier molecular flexibility index (Phi) is 6.12. The van der Waals surface area contributed by atoms with Gasteiger partial charge in [-0.05, 0) is 24.6 Å². The van der Waals surface area contributed by atoms with Crippen LogP contribution in [0.4, 0.5) is 0 Å². The average molecular weight is 378 g/mol. The maximum Gasteiger partial charge on any atom is 0.191 e. The van der Waals surface area contributed by atoms with Crippen LogP contribution in [0.25, 0.3) is 11.4 Å². The third-order valence-electron chi connectivity index (χ3n) is 3.68. The molecule has 0 unspecified atom stereocenters. The summed E-state index contributed by atoms with van der Waals surface area (Å²) in [6.07, 6.45) is 2.82. The van der Waals surface area contributed by atoms with E-state index in [1.165, 1.54) is 0 Å². The summed E-state index contributed by atoms with van der Waals surface area (Å²) in [5, 5.41) is 14.7. The van der Waals surface area contributed by atoms with Gasteiger partial charge >= 0.3 is 0 Å². The number of benzene rings is 1. The molecule has 1 aromatic carbocycles. The molecule has 0 atom stereocenters. The van der Waals surface area contributed by atoms with Crippen LogP contribution in [0.3, 0.4) is 0 Å². The summed E-state index contributed by atoms with van der Waals surface area (Å²) in [6.45, 7) is 1.45. The zero-order valence-corrected chi connectivity index (χ0v) is 15.8. The van der Waals surface area contributed by atoms with Crippen molar-refractivity contribution >= 4 is 23.4 Å². The summed E-state index contributed by atoms with van der Waals surface area (Å²) in [7, 11) is 3.62. The molecule has 8 heteroatoms. The van der Waals surface area contributed by atoms with Crippen LogP contribution in [0.1, 0.15) is 12.1 Å². The number of aryl methyl sites for hydroxylation is 1. The summed E-state index contributed by atoms with van der Waals surface area (Å²) in [5.41, 5.74) is 1.90. The molecule has 25 heavy (non-hydrogen) atoms. The Balaban J connectivity index is 1.85. The van der Waals surface area contributed by atoms with Gasteiger partial charge in [-0.1, -0.05) is 35.5 Å². The van der Waals surface area contributed by atoms with E-state index in [9.17, 15) is 0 Å². The second-order valence-corrected chi connectivity index (χ2v) is 6.90. The van der Waals surface area contributed by atoms with Crippen LogP contribution in [-0.4, -0.2) is 38.3 Å². The Hall–Kier alpha value is -1.83. The maximum absolute atomic E-state index is 6.35. The molecule has 0 aliphatic heterocycles. The Morgan fingerprint density at radius 3 is 2.76 bits per heavy atom. The Morgan fingerprint density at radius 1 is 1.20 bits per heavy atom. The molecule has 0 radical (unpaired) electrons. The highest BCUT2D eigenvalue weighted by molar-refractivity contribution is 7.98. The van der Waals surface area contributed by atoms with E-state index in [1.54, 1.807) is 23.6 Å². The van der Waals surface area contributed by atoms with Crippen molar-refractivity contribution in [3.63, 3.8) is 0 Å². The van der Waals surface area contributed by atoms with Gasteiger partial charge in [0, 0.05) is 44.8 Å². The third kappa shape index (κ3) is 4.42. The minimum Gasteiger partial charge on any atom is -0.385 e. The van der Waals surface area contributed by atoms with Gasteiger partial charge in [0.15, 0.2) is 11.0 Å². The first-order valence-corrected chi connectivity index (χ1v) is 9.33. The minimum absolute atomic E-state index is 0.671. The lowest BCUT2D eigenvalue weighted by Gasteiger charge is -2.10. The maximum atomic E-state index is 6.35. The number of halogens is 1. The molecular formula is C17H20ClN5OS. The molecule has 0 fully saturated rings. The molecule has 0 aliphatic carbocycles. The van der Waals surface area contributed by atoms with Gasteiger partial charge in [-0.2, -0.15) is 5.10 Å². The van der Waals surface area contributed by atoms with E-state index in [2.05, 4.69) is 19.9 Å². The highest BCUT2D eigenvalue weighted by atomic mass is 35.5. The average Bonchev–Trinajstić information content (AvgIpc) is 3.20. The van der Waals surface area contributed by atoms with Crippen molar-refractivity contribution in [1.29, 1.82) is 0 Å². The van der Waals surface area contributed by atoms with Crippen molar-refractivity contribution in [2.24, 2.45) is 7.05 Å². The van der Waals surface area contributed by atoms with Crippen LogP contribution in [0.15, 0.2) is 41.7 Å². The van der Waals surface area contributed by atoms with E-state index in [4.69, 9.17) is 16.3 Å². The fourth-order valence-electron chi connectivity index (χ4n) is 2.48. The Labute approximate surface area is 156 Å². The highest BCUT2D eigenvalue weighted by Gasteiger charge is 2.16. The van der Waals surface area contributed by atoms with Gasteiger partial charge in [0.2, 0.25) is 0 Å². The molecule has 0 spiro atoms. The SMILES string of the molecule is COCCCn1c(SCc2ccn(C)n2)nnc1-c1ccccc1Cl. The lowest BCUT2D eigenvalue weighted by Crippen LogP contribution is -2.05. The van der Waals surface area contributed by atoms with Crippen molar-refractivity contribution in [2.45, 2.75) is 23.9 Å². The van der Waals surface area contributed by atoms with Crippen LogP contribution in [0.2, 0.25) is 5.02 Å². The number of hydrogen-bond donors (Lipinski definition) is 0. The first-order valence-electron chi connectivity index (χ1n) is 7.97. The van der Waals surface area contributed by atoms with Gasteiger partial charge in [-0.15, -0.1) is 10.2 Å². The number of rotatable bonds is 8. The fourth-order valence-corrected chi connectivity index (χ4v) is 3.57. The molecule has 0 saturated carbocycles. The predicted octanol–water partition coefficient (Wildman–Crippen LogP) is 3.66. The quantitative estimate of drug-likeness (QED) is 0.443. The lowest BCUT2D eigenvalue weighted by molar-refractivity contribution is 0.189. The highest BCUT2D eigenvalue weighted by Crippen LogP contribution is 2.30. The molecular weight excluding hydrogens is 358 g/mol. The molecule has 0 saturated heterocycles. The summed E-state index contributed by atoms with van der Waals surface area (Å²) in [5.74, 6) is 1.52. The summed E-state index contributed by atoms with van der Waals surface area (Å²) in [6, 6.07) is 9.70. The molecule has 0 N–H and O–H groups in total. The van der Waals surface area contributed by atoms with E-state index in [0.29, 0.717) is 11.6 Å². The molecule has 2 aromatic heterocycles. The van der Waals surface area contributed by atoms with Crippen LogP contribution >= 0.6 is 23.4 Å². The number of aromatic nitrogens is 5. The van der Waals surface area contributed by atoms with Crippen molar-refractivity contribution < 1.29 is 4.74 Å². The zero-order valence-electron chi connectivity index (χ0n) is 14.2. The molecule has 3 aromatic rings. The van der Waals surface area contributed by atoms with Gasteiger partial charge in [0.1, 0.15) is 0 Å². The van der Waals surface area contributed by atoms with E-state index < -0.39 is 0 Å². The van der Waals surface area contributed by atoms with Gasteiger partial charge in [-0.3, -0.25) is 4.68 Å². The number of hydrogen-bond acceptors (Lipinski definition) is 5. The second-order valence-electron chi connectivity index (χ2n) is 5.55. The molecule has 3 rings (SSSR count). The lowest BCUT2D eigenvalue weighted by atomic mass is 10.2. The normalized spacial score (nSPS) is 11.2. The molecule has 0 aliphatic rings. The van der Waals surface area contributed by atoms with E-state index in [1.807, 2.05) is 43.6 Å². The number of methoxy groups -OCH3 is 1. The molecule has 6 nitrogen and oxygen atoms in total. The van der Waals surface area contributed by atoms with Gasteiger partial charge in [-0.25, -0.2) is 0 Å². The smallest absolute Gasteiger partial charge is 0.191 e. The van der Waals surface area contributed by atoms with Crippen molar-refractivity contribution in [2.75, 3.05) is 13.7 Å². The zero-order chi connectivity index (χ0) is 17.6. The predicted molar refractivity (Wildman–Crippen MR) is 99.7 cm³/mol. The van der Waals surface area contributed by atoms with Crippen molar-refractivity contribution in [1.82, 2.24) is 24.5 Å². The van der Waals surface area contributed by atoms with Crippen LogP contribution in [0.5, 0.6) is 0 Å². The molecule has 0 bridgehead atoms. The first kappa shape index (κ1) is 18.0. The summed E-state index contributed by atoms with van der Waals surface area (Å²) < 4.78 is 9.09.